The number of hydrogen-bond donors (Lipinski definition) is 3. The Morgan fingerprint density at radius 1 is 1.03 bits per heavy atom. The molecule has 1 aromatic rings. The third kappa shape index (κ3) is 4.90. The molecule has 0 radical (unpaired) electrons. The number of imide groups is 2. The van der Waals surface area contributed by atoms with Crippen molar-refractivity contribution in [3.8, 4) is 0 Å². The maximum atomic E-state index is 13.1. The number of carbonyl (C=O) groups is 4. The first-order valence-electron chi connectivity index (χ1n) is 11.5. The van der Waals surface area contributed by atoms with E-state index in [0.717, 1.165) is 62.6 Å². The minimum absolute atomic E-state index is 0.117. The molecule has 3 N–H and O–H groups in total. The van der Waals surface area contributed by atoms with Gasteiger partial charge in [0.25, 0.3) is 11.8 Å². The standard InChI is InChI=1S/C23H31N5O4/c29-19-8-7-18(21(30)26-19)28-22(31)17-6-3-5-16(20(17)23(28)32)15-25-9-1-2-12-27-13-4-10-24-11-14-27/h3,5-6,18,24-25H,1-2,4,7-15H2,(H,26,29,30). The van der Waals surface area contributed by atoms with Gasteiger partial charge in [-0.2, -0.15) is 0 Å². The Bertz CT molecular complexity index is 894. The molecule has 172 valence electrons. The molecule has 2 saturated heterocycles. The number of hydrogen-bond acceptors (Lipinski definition) is 7. The van der Waals surface area contributed by atoms with Gasteiger partial charge in [0.05, 0.1) is 11.1 Å². The molecule has 3 aliphatic rings. The maximum absolute atomic E-state index is 13.1. The molecule has 0 aromatic heterocycles. The summed E-state index contributed by atoms with van der Waals surface area (Å²) in [5.41, 5.74) is 1.45. The van der Waals surface area contributed by atoms with Gasteiger partial charge in [-0.25, -0.2) is 0 Å². The van der Waals surface area contributed by atoms with Crippen molar-refractivity contribution in [2.45, 2.75) is 44.7 Å². The van der Waals surface area contributed by atoms with Crippen LogP contribution in [0.4, 0.5) is 0 Å². The zero-order chi connectivity index (χ0) is 22.5. The van der Waals surface area contributed by atoms with Crippen molar-refractivity contribution in [3.05, 3.63) is 34.9 Å². The Labute approximate surface area is 187 Å². The van der Waals surface area contributed by atoms with Gasteiger partial charge in [-0.1, -0.05) is 12.1 Å². The summed E-state index contributed by atoms with van der Waals surface area (Å²) in [7, 11) is 0. The first kappa shape index (κ1) is 22.6. The normalized spacial score (nSPS) is 22.1. The lowest BCUT2D eigenvalue weighted by atomic mass is 10.0. The third-order valence-electron chi connectivity index (χ3n) is 6.38. The molecule has 32 heavy (non-hydrogen) atoms. The van der Waals surface area contributed by atoms with Crippen LogP contribution in [0.25, 0.3) is 0 Å². The number of benzene rings is 1. The molecule has 0 spiro atoms. The predicted molar refractivity (Wildman–Crippen MR) is 118 cm³/mol. The fourth-order valence-electron chi connectivity index (χ4n) is 4.67. The third-order valence-corrected chi connectivity index (χ3v) is 6.38. The minimum atomic E-state index is -0.935. The van der Waals surface area contributed by atoms with Crippen molar-refractivity contribution >= 4 is 23.6 Å². The summed E-state index contributed by atoms with van der Waals surface area (Å²) in [6.07, 6.45) is 3.62. The second kappa shape index (κ2) is 10.3. The van der Waals surface area contributed by atoms with Crippen molar-refractivity contribution in [3.63, 3.8) is 0 Å². The van der Waals surface area contributed by atoms with Crippen LogP contribution in [0.15, 0.2) is 18.2 Å². The summed E-state index contributed by atoms with van der Waals surface area (Å²) in [5, 5.41) is 9.03. The van der Waals surface area contributed by atoms with Crippen LogP contribution in [0.5, 0.6) is 0 Å². The molecule has 1 atom stereocenters. The zero-order valence-electron chi connectivity index (χ0n) is 18.3. The van der Waals surface area contributed by atoms with E-state index in [2.05, 4.69) is 20.9 Å². The Hall–Kier alpha value is -2.62. The molecule has 0 saturated carbocycles. The van der Waals surface area contributed by atoms with E-state index in [1.54, 1.807) is 12.1 Å². The maximum Gasteiger partial charge on any atom is 0.262 e. The van der Waals surface area contributed by atoms with Gasteiger partial charge >= 0.3 is 0 Å². The SMILES string of the molecule is O=C1CCC(N2C(=O)c3cccc(CNCCCCN4CCCNCC4)c3C2=O)C(=O)N1. The number of rotatable bonds is 8. The van der Waals surface area contributed by atoms with Crippen LogP contribution in [-0.2, 0) is 16.1 Å². The van der Waals surface area contributed by atoms with Gasteiger partial charge in [-0.3, -0.25) is 29.4 Å². The van der Waals surface area contributed by atoms with Crippen LogP contribution in [-0.4, -0.2) is 78.7 Å². The fraction of sp³-hybridized carbons (Fsp3) is 0.565. The number of amides is 4. The van der Waals surface area contributed by atoms with Gasteiger partial charge in [0.15, 0.2) is 0 Å². The summed E-state index contributed by atoms with van der Waals surface area (Å²) < 4.78 is 0. The smallest absolute Gasteiger partial charge is 0.262 e. The molecule has 3 heterocycles. The molecule has 1 unspecified atom stereocenters. The largest absolute Gasteiger partial charge is 0.315 e. The second-order valence-electron chi connectivity index (χ2n) is 8.62. The fourth-order valence-corrected chi connectivity index (χ4v) is 4.67. The summed E-state index contributed by atoms with van der Waals surface area (Å²) in [6.45, 7) is 6.81. The van der Waals surface area contributed by atoms with Crippen molar-refractivity contribution in [1.29, 1.82) is 0 Å². The molecule has 2 fully saturated rings. The lowest BCUT2D eigenvalue weighted by Crippen LogP contribution is -2.54. The van der Waals surface area contributed by atoms with Crippen LogP contribution < -0.4 is 16.0 Å². The van der Waals surface area contributed by atoms with E-state index >= 15 is 0 Å². The highest BCUT2D eigenvalue weighted by Crippen LogP contribution is 2.29. The predicted octanol–water partition coefficient (Wildman–Crippen LogP) is 0.253. The quantitative estimate of drug-likeness (QED) is 0.392. The Morgan fingerprint density at radius 2 is 1.91 bits per heavy atom. The zero-order valence-corrected chi connectivity index (χ0v) is 18.3. The lowest BCUT2D eigenvalue weighted by Gasteiger charge is -2.27. The molecule has 1 aromatic carbocycles. The van der Waals surface area contributed by atoms with Crippen molar-refractivity contribution < 1.29 is 19.2 Å². The molecular weight excluding hydrogens is 410 g/mol. The van der Waals surface area contributed by atoms with Gasteiger partial charge in [0.1, 0.15) is 6.04 Å². The van der Waals surface area contributed by atoms with Gasteiger partial charge in [-0.05, 0) is 63.5 Å². The van der Waals surface area contributed by atoms with E-state index in [9.17, 15) is 19.2 Å². The minimum Gasteiger partial charge on any atom is -0.315 e. The summed E-state index contributed by atoms with van der Waals surface area (Å²) in [5.74, 6) is -1.88. The molecule has 4 amide bonds. The van der Waals surface area contributed by atoms with Gasteiger partial charge in [-0.15, -0.1) is 0 Å². The lowest BCUT2D eigenvalue weighted by molar-refractivity contribution is -0.136. The van der Waals surface area contributed by atoms with Crippen molar-refractivity contribution in [2.24, 2.45) is 0 Å². The molecule has 9 nitrogen and oxygen atoms in total. The van der Waals surface area contributed by atoms with Crippen LogP contribution in [0.2, 0.25) is 0 Å². The number of nitrogens with zero attached hydrogens (tertiary/aromatic N) is 2. The van der Waals surface area contributed by atoms with Gasteiger partial charge < -0.3 is 15.5 Å². The number of carbonyl (C=O) groups excluding carboxylic acids is 4. The van der Waals surface area contributed by atoms with Crippen molar-refractivity contribution in [2.75, 3.05) is 39.3 Å². The number of fused-ring (bicyclic) bond motifs is 1. The average molecular weight is 442 g/mol. The van der Waals surface area contributed by atoms with Gasteiger partial charge in [0, 0.05) is 26.1 Å². The summed E-state index contributed by atoms with van der Waals surface area (Å²) in [4.78, 5) is 53.2. The molecule has 3 aliphatic heterocycles. The number of piperidine rings is 1. The van der Waals surface area contributed by atoms with E-state index in [1.165, 1.54) is 6.42 Å². The summed E-state index contributed by atoms with van der Waals surface area (Å²) >= 11 is 0. The van der Waals surface area contributed by atoms with Crippen LogP contribution >= 0.6 is 0 Å². The van der Waals surface area contributed by atoms with Crippen LogP contribution in [0, 0.1) is 0 Å². The average Bonchev–Trinajstić information content (AvgIpc) is 2.94. The molecule has 9 heteroatoms. The highest BCUT2D eigenvalue weighted by molar-refractivity contribution is 6.24. The summed E-state index contributed by atoms with van der Waals surface area (Å²) in [6, 6.07) is 4.30. The van der Waals surface area contributed by atoms with Crippen LogP contribution in [0.3, 0.4) is 0 Å². The Morgan fingerprint density at radius 3 is 2.75 bits per heavy atom. The topological polar surface area (TPSA) is 111 Å². The first-order chi connectivity index (χ1) is 15.6. The highest BCUT2D eigenvalue weighted by Gasteiger charge is 2.45. The van der Waals surface area contributed by atoms with E-state index in [0.29, 0.717) is 17.7 Å². The Balaban J connectivity index is 1.31. The van der Waals surface area contributed by atoms with E-state index < -0.39 is 23.8 Å². The monoisotopic (exact) mass is 441 g/mol. The van der Waals surface area contributed by atoms with E-state index in [1.807, 2.05) is 6.07 Å². The molecular formula is C23H31N5O4. The van der Waals surface area contributed by atoms with Crippen molar-refractivity contribution in [1.82, 2.24) is 25.8 Å². The number of unbranched alkanes of at least 4 members (excludes halogenated alkanes) is 1. The molecule has 4 rings (SSSR count). The highest BCUT2D eigenvalue weighted by atomic mass is 16.2. The Kier molecular flexibility index (Phi) is 7.29. The number of nitrogens with one attached hydrogen (secondary N) is 3. The van der Waals surface area contributed by atoms with Gasteiger partial charge in [0.2, 0.25) is 11.8 Å². The molecule has 0 bridgehead atoms. The van der Waals surface area contributed by atoms with E-state index in [4.69, 9.17) is 0 Å². The van der Waals surface area contributed by atoms with Crippen LogP contribution in [0.1, 0.15) is 58.4 Å². The molecule has 0 aliphatic carbocycles. The first-order valence-corrected chi connectivity index (χ1v) is 11.5. The van der Waals surface area contributed by atoms with E-state index in [-0.39, 0.29) is 18.7 Å². The second-order valence-corrected chi connectivity index (χ2v) is 8.62.